The lowest BCUT2D eigenvalue weighted by Gasteiger charge is -2.26. The fourth-order valence-electron chi connectivity index (χ4n) is 2.57. The third kappa shape index (κ3) is 2.00. The Balaban J connectivity index is 1.69. The number of nitrogens with two attached hydrogens (primary N) is 1. The average Bonchev–Trinajstić information content (AvgIpc) is 3.11. The molecule has 0 bridgehead atoms. The van der Waals surface area contributed by atoms with E-state index in [4.69, 9.17) is 5.73 Å². The summed E-state index contributed by atoms with van der Waals surface area (Å²) in [4.78, 5) is 25.7. The van der Waals surface area contributed by atoms with Gasteiger partial charge in [-0.05, 0) is 23.4 Å². The van der Waals surface area contributed by atoms with Crippen molar-refractivity contribution in [1.29, 1.82) is 0 Å². The molecule has 0 aliphatic carbocycles. The van der Waals surface area contributed by atoms with E-state index < -0.39 is 0 Å². The molecule has 0 atom stereocenters. The van der Waals surface area contributed by atoms with Crippen LogP contribution < -0.4 is 5.73 Å². The van der Waals surface area contributed by atoms with Crippen molar-refractivity contribution < 1.29 is 4.79 Å². The van der Waals surface area contributed by atoms with Crippen LogP contribution >= 0.6 is 22.7 Å². The standard InChI is InChI=1S/C14H12N4OS2/c15-10-11-13(17-4-3-16-11)21-12(10)14(19)18-5-1-9-8(7-18)2-6-20-9/h2-4,6H,1,5,7,15H2. The lowest BCUT2D eigenvalue weighted by Crippen LogP contribution is -2.35. The number of rotatable bonds is 1. The summed E-state index contributed by atoms with van der Waals surface area (Å²) in [7, 11) is 0. The zero-order chi connectivity index (χ0) is 14.4. The van der Waals surface area contributed by atoms with Gasteiger partial charge in [-0.3, -0.25) is 4.79 Å². The predicted octanol–water partition coefficient (Wildman–Crippen LogP) is 2.53. The van der Waals surface area contributed by atoms with Crippen LogP contribution in [0, 0.1) is 0 Å². The van der Waals surface area contributed by atoms with Crippen molar-refractivity contribution in [3.8, 4) is 0 Å². The number of hydrogen-bond donors (Lipinski definition) is 1. The Morgan fingerprint density at radius 2 is 2.19 bits per heavy atom. The van der Waals surface area contributed by atoms with Gasteiger partial charge in [0.15, 0.2) is 0 Å². The van der Waals surface area contributed by atoms with Gasteiger partial charge in [-0.25, -0.2) is 9.97 Å². The summed E-state index contributed by atoms with van der Waals surface area (Å²) in [5.74, 6) is -0.0193. The molecule has 4 heterocycles. The van der Waals surface area contributed by atoms with E-state index in [-0.39, 0.29) is 5.91 Å². The molecular formula is C14H12N4OS2. The minimum Gasteiger partial charge on any atom is -0.396 e. The number of thiophene rings is 2. The van der Waals surface area contributed by atoms with Crippen LogP contribution in [0.15, 0.2) is 23.8 Å². The van der Waals surface area contributed by atoms with E-state index in [2.05, 4.69) is 21.4 Å². The number of amides is 1. The first-order valence-corrected chi connectivity index (χ1v) is 8.27. The van der Waals surface area contributed by atoms with Crippen molar-refractivity contribution in [2.75, 3.05) is 12.3 Å². The fourth-order valence-corrected chi connectivity index (χ4v) is 4.45. The topological polar surface area (TPSA) is 72.1 Å². The van der Waals surface area contributed by atoms with Crippen LogP contribution in [0.3, 0.4) is 0 Å². The van der Waals surface area contributed by atoms with Gasteiger partial charge in [-0.1, -0.05) is 0 Å². The maximum Gasteiger partial charge on any atom is 0.266 e. The number of nitrogen functional groups attached to an aromatic ring is 1. The van der Waals surface area contributed by atoms with Crippen LogP contribution in [-0.4, -0.2) is 27.3 Å². The molecular weight excluding hydrogens is 304 g/mol. The van der Waals surface area contributed by atoms with Crippen LogP contribution in [-0.2, 0) is 13.0 Å². The molecule has 1 amide bonds. The molecule has 0 fully saturated rings. The van der Waals surface area contributed by atoms with Gasteiger partial charge < -0.3 is 10.6 Å². The summed E-state index contributed by atoms with van der Waals surface area (Å²) < 4.78 is 0. The zero-order valence-corrected chi connectivity index (χ0v) is 12.7. The lowest BCUT2D eigenvalue weighted by molar-refractivity contribution is 0.0742. The van der Waals surface area contributed by atoms with E-state index in [1.165, 1.54) is 21.8 Å². The van der Waals surface area contributed by atoms with Crippen molar-refractivity contribution >= 4 is 44.6 Å². The molecule has 3 aromatic heterocycles. The maximum absolute atomic E-state index is 12.7. The SMILES string of the molecule is Nc1c(C(=O)N2CCc3sccc3C2)sc2nccnc12. The van der Waals surface area contributed by atoms with Crippen molar-refractivity contribution in [2.24, 2.45) is 0 Å². The Kier molecular flexibility index (Phi) is 2.90. The van der Waals surface area contributed by atoms with E-state index in [0.29, 0.717) is 27.5 Å². The number of carbonyl (C=O) groups excluding carboxylic acids is 1. The first-order chi connectivity index (χ1) is 10.2. The molecule has 7 heteroatoms. The number of hydrogen-bond acceptors (Lipinski definition) is 6. The molecule has 0 saturated carbocycles. The molecule has 0 unspecified atom stereocenters. The van der Waals surface area contributed by atoms with Crippen LogP contribution in [0.4, 0.5) is 5.69 Å². The molecule has 1 aliphatic heterocycles. The summed E-state index contributed by atoms with van der Waals surface area (Å²) in [5, 5.41) is 2.08. The second-order valence-corrected chi connectivity index (χ2v) is 6.90. The molecule has 5 nitrogen and oxygen atoms in total. The molecule has 3 aromatic rings. The monoisotopic (exact) mass is 316 g/mol. The first kappa shape index (κ1) is 12.7. The highest BCUT2D eigenvalue weighted by atomic mass is 32.1. The van der Waals surface area contributed by atoms with Crippen molar-refractivity contribution in [2.45, 2.75) is 13.0 Å². The van der Waals surface area contributed by atoms with Crippen molar-refractivity contribution in [3.05, 3.63) is 39.2 Å². The normalized spacial score (nSPS) is 14.4. The highest BCUT2D eigenvalue weighted by Gasteiger charge is 2.26. The van der Waals surface area contributed by atoms with Crippen molar-refractivity contribution in [3.63, 3.8) is 0 Å². The highest BCUT2D eigenvalue weighted by Crippen LogP contribution is 2.33. The average molecular weight is 316 g/mol. The molecule has 1 aliphatic rings. The Morgan fingerprint density at radius 3 is 3.05 bits per heavy atom. The van der Waals surface area contributed by atoms with Gasteiger partial charge in [0.2, 0.25) is 0 Å². The number of carbonyl (C=O) groups is 1. The van der Waals surface area contributed by atoms with E-state index in [0.717, 1.165) is 13.0 Å². The largest absolute Gasteiger partial charge is 0.396 e. The van der Waals surface area contributed by atoms with Gasteiger partial charge >= 0.3 is 0 Å². The highest BCUT2D eigenvalue weighted by molar-refractivity contribution is 7.21. The van der Waals surface area contributed by atoms with E-state index in [1.807, 2.05) is 4.90 Å². The van der Waals surface area contributed by atoms with E-state index >= 15 is 0 Å². The van der Waals surface area contributed by atoms with Gasteiger partial charge in [0.1, 0.15) is 15.2 Å². The second kappa shape index (κ2) is 4.78. The van der Waals surface area contributed by atoms with Crippen LogP contribution in [0.25, 0.3) is 10.3 Å². The quantitative estimate of drug-likeness (QED) is 0.749. The lowest BCUT2D eigenvalue weighted by atomic mass is 10.1. The molecule has 0 radical (unpaired) electrons. The van der Waals surface area contributed by atoms with Gasteiger partial charge in [0, 0.05) is 30.4 Å². The zero-order valence-electron chi connectivity index (χ0n) is 11.1. The molecule has 0 aromatic carbocycles. The Bertz CT molecular complexity index is 838. The summed E-state index contributed by atoms with van der Waals surface area (Å²) in [5.41, 5.74) is 8.40. The summed E-state index contributed by atoms with van der Waals surface area (Å²) in [6, 6.07) is 2.09. The van der Waals surface area contributed by atoms with E-state index in [1.54, 1.807) is 23.7 Å². The third-order valence-corrected chi connectivity index (χ3v) is 5.77. The first-order valence-electron chi connectivity index (χ1n) is 6.57. The fraction of sp³-hybridized carbons (Fsp3) is 0.214. The molecule has 2 N–H and O–H groups in total. The van der Waals surface area contributed by atoms with Gasteiger partial charge in [-0.15, -0.1) is 22.7 Å². The Morgan fingerprint density at radius 1 is 1.33 bits per heavy atom. The summed E-state index contributed by atoms with van der Waals surface area (Å²) >= 11 is 3.08. The summed E-state index contributed by atoms with van der Waals surface area (Å²) in [6.45, 7) is 1.40. The minimum atomic E-state index is -0.0193. The number of nitrogens with zero attached hydrogens (tertiary/aromatic N) is 3. The molecule has 106 valence electrons. The Hall–Kier alpha value is -1.99. The van der Waals surface area contributed by atoms with Gasteiger partial charge in [0.25, 0.3) is 5.91 Å². The molecule has 21 heavy (non-hydrogen) atoms. The van der Waals surface area contributed by atoms with E-state index in [9.17, 15) is 4.79 Å². The number of aromatic nitrogens is 2. The number of fused-ring (bicyclic) bond motifs is 2. The summed E-state index contributed by atoms with van der Waals surface area (Å²) in [6.07, 6.45) is 4.13. The minimum absolute atomic E-state index is 0.0193. The molecule has 0 spiro atoms. The maximum atomic E-state index is 12.7. The number of anilines is 1. The van der Waals surface area contributed by atoms with Crippen molar-refractivity contribution in [1.82, 2.24) is 14.9 Å². The van der Waals surface area contributed by atoms with Gasteiger partial charge in [-0.2, -0.15) is 0 Å². The van der Waals surface area contributed by atoms with Gasteiger partial charge in [0.05, 0.1) is 5.69 Å². The predicted molar refractivity (Wildman–Crippen MR) is 84.6 cm³/mol. The van der Waals surface area contributed by atoms with Crippen LogP contribution in [0.5, 0.6) is 0 Å². The molecule has 4 rings (SSSR count). The van der Waals surface area contributed by atoms with Crippen LogP contribution in [0.1, 0.15) is 20.1 Å². The van der Waals surface area contributed by atoms with Crippen LogP contribution in [0.2, 0.25) is 0 Å². The Labute approximate surface area is 129 Å². The third-order valence-electron chi connectivity index (χ3n) is 3.65. The smallest absolute Gasteiger partial charge is 0.266 e. The second-order valence-electron chi connectivity index (χ2n) is 4.90. The molecule has 0 saturated heterocycles.